The molecule has 6 heteroatoms. The predicted molar refractivity (Wildman–Crippen MR) is 68.8 cm³/mol. The Morgan fingerprint density at radius 2 is 2.17 bits per heavy atom. The molecular weight excluding hydrogens is 232 g/mol. The second-order valence-electron chi connectivity index (χ2n) is 4.36. The minimum atomic E-state index is -0.279. The van der Waals surface area contributed by atoms with Gasteiger partial charge in [0.25, 0.3) is 0 Å². The zero-order chi connectivity index (χ0) is 13.0. The molecule has 0 saturated carbocycles. The van der Waals surface area contributed by atoms with Crippen LogP contribution in [-0.2, 0) is 9.53 Å². The van der Waals surface area contributed by atoms with Gasteiger partial charge in [0.2, 0.25) is 0 Å². The van der Waals surface area contributed by atoms with E-state index in [-0.39, 0.29) is 12.5 Å². The Kier molecular flexibility index (Phi) is 3.96. The Hall–Kier alpha value is -1.85. The molecule has 0 N–H and O–H groups in total. The first kappa shape index (κ1) is 12.6. The van der Waals surface area contributed by atoms with E-state index in [1.165, 1.54) is 26.3 Å². The maximum Gasteiger partial charge on any atom is 0.325 e. The minimum absolute atomic E-state index is 0.187. The summed E-state index contributed by atoms with van der Waals surface area (Å²) in [7, 11) is 3.19. The van der Waals surface area contributed by atoms with Crippen LogP contribution in [-0.4, -0.2) is 49.7 Å². The summed E-state index contributed by atoms with van der Waals surface area (Å²) in [6, 6.07) is 1.91. The SMILES string of the molecule is COC(=O)CN(C)c1cc(N2CCCC2)ncn1. The van der Waals surface area contributed by atoms with Crippen molar-refractivity contribution in [2.75, 3.05) is 43.6 Å². The van der Waals surface area contributed by atoms with Crippen molar-refractivity contribution >= 4 is 17.6 Å². The molecule has 1 aliphatic heterocycles. The van der Waals surface area contributed by atoms with E-state index in [2.05, 4.69) is 19.6 Å². The van der Waals surface area contributed by atoms with Crippen LogP contribution in [0.4, 0.5) is 11.6 Å². The van der Waals surface area contributed by atoms with Crippen LogP contribution in [0.2, 0.25) is 0 Å². The van der Waals surface area contributed by atoms with E-state index in [9.17, 15) is 4.79 Å². The second-order valence-corrected chi connectivity index (χ2v) is 4.36. The van der Waals surface area contributed by atoms with Gasteiger partial charge in [0.05, 0.1) is 7.11 Å². The Labute approximate surface area is 107 Å². The van der Waals surface area contributed by atoms with Gasteiger partial charge in [-0.15, -0.1) is 0 Å². The zero-order valence-corrected chi connectivity index (χ0v) is 10.8. The number of rotatable bonds is 4. The van der Waals surface area contributed by atoms with Crippen LogP contribution in [0.1, 0.15) is 12.8 Å². The molecule has 2 heterocycles. The fourth-order valence-electron chi connectivity index (χ4n) is 2.00. The summed E-state index contributed by atoms with van der Waals surface area (Å²) in [5.74, 6) is 1.38. The highest BCUT2D eigenvalue weighted by atomic mass is 16.5. The average molecular weight is 250 g/mol. The topological polar surface area (TPSA) is 58.6 Å². The number of anilines is 2. The largest absolute Gasteiger partial charge is 0.468 e. The summed E-state index contributed by atoms with van der Waals surface area (Å²) in [6.45, 7) is 2.27. The maximum atomic E-state index is 11.2. The first-order valence-corrected chi connectivity index (χ1v) is 6.05. The number of nitrogens with zero attached hydrogens (tertiary/aromatic N) is 4. The van der Waals surface area contributed by atoms with Crippen molar-refractivity contribution in [3.8, 4) is 0 Å². The van der Waals surface area contributed by atoms with Gasteiger partial charge >= 0.3 is 5.97 Å². The summed E-state index contributed by atoms with van der Waals surface area (Å²) in [6.07, 6.45) is 3.95. The highest BCUT2D eigenvalue weighted by molar-refractivity contribution is 5.75. The van der Waals surface area contributed by atoms with Gasteiger partial charge in [-0.2, -0.15) is 0 Å². The molecule has 0 aromatic carbocycles. The summed E-state index contributed by atoms with van der Waals surface area (Å²) in [4.78, 5) is 23.7. The molecule has 0 spiro atoms. The molecule has 18 heavy (non-hydrogen) atoms. The number of methoxy groups -OCH3 is 1. The van der Waals surface area contributed by atoms with Gasteiger partial charge in [0.1, 0.15) is 24.5 Å². The number of carbonyl (C=O) groups excluding carboxylic acids is 1. The van der Waals surface area contributed by atoms with Gasteiger partial charge in [-0.25, -0.2) is 9.97 Å². The summed E-state index contributed by atoms with van der Waals surface area (Å²) in [5.41, 5.74) is 0. The number of likely N-dealkylation sites (N-methyl/N-ethyl adjacent to an activating group) is 1. The number of hydrogen-bond acceptors (Lipinski definition) is 6. The maximum absolute atomic E-state index is 11.2. The first-order valence-electron chi connectivity index (χ1n) is 6.05. The van der Waals surface area contributed by atoms with Crippen LogP contribution < -0.4 is 9.80 Å². The molecule has 1 fully saturated rings. The van der Waals surface area contributed by atoms with Gasteiger partial charge in [0.15, 0.2) is 0 Å². The van der Waals surface area contributed by atoms with Gasteiger partial charge in [-0.3, -0.25) is 4.79 Å². The smallest absolute Gasteiger partial charge is 0.325 e. The quantitative estimate of drug-likeness (QED) is 0.733. The zero-order valence-electron chi connectivity index (χ0n) is 10.8. The lowest BCUT2D eigenvalue weighted by Crippen LogP contribution is -2.28. The Morgan fingerprint density at radius 3 is 2.83 bits per heavy atom. The van der Waals surface area contributed by atoms with Crippen LogP contribution in [0.5, 0.6) is 0 Å². The summed E-state index contributed by atoms with van der Waals surface area (Å²) >= 11 is 0. The van der Waals surface area contributed by atoms with Crippen LogP contribution in [0.25, 0.3) is 0 Å². The molecule has 0 amide bonds. The fourth-order valence-corrected chi connectivity index (χ4v) is 2.00. The molecule has 98 valence electrons. The van der Waals surface area contributed by atoms with Crippen LogP contribution >= 0.6 is 0 Å². The van der Waals surface area contributed by atoms with Crippen molar-refractivity contribution in [2.45, 2.75) is 12.8 Å². The molecule has 1 aromatic rings. The molecule has 0 atom stereocenters. The number of esters is 1. The van der Waals surface area contributed by atoms with Gasteiger partial charge < -0.3 is 14.5 Å². The third kappa shape index (κ3) is 2.88. The normalized spacial score (nSPS) is 14.7. The average Bonchev–Trinajstić information content (AvgIpc) is 2.92. The Balaban J connectivity index is 2.08. The van der Waals surface area contributed by atoms with E-state index >= 15 is 0 Å². The van der Waals surface area contributed by atoms with E-state index < -0.39 is 0 Å². The van der Waals surface area contributed by atoms with E-state index in [1.807, 2.05) is 13.1 Å². The molecular formula is C12H18N4O2. The van der Waals surface area contributed by atoms with E-state index in [1.54, 1.807) is 4.90 Å². The Bertz CT molecular complexity index is 418. The standard InChI is InChI=1S/C12H18N4O2/c1-15(8-12(17)18-2)10-7-11(14-9-13-10)16-5-3-4-6-16/h7,9H,3-6,8H2,1-2H3. The molecule has 6 nitrogen and oxygen atoms in total. The van der Waals surface area contributed by atoms with Crippen LogP contribution in [0.3, 0.4) is 0 Å². The summed E-state index contributed by atoms with van der Waals surface area (Å²) < 4.78 is 4.64. The van der Waals surface area contributed by atoms with Gasteiger partial charge in [-0.1, -0.05) is 0 Å². The van der Waals surface area contributed by atoms with E-state index in [0.717, 1.165) is 24.7 Å². The predicted octanol–water partition coefficient (Wildman–Crippen LogP) is 0.686. The molecule has 2 rings (SSSR count). The van der Waals surface area contributed by atoms with E-state index in [4.69, 9.17) is 0 Å². The lowest BCUT2D eigenvalue weighted by molar-refractivity contribution is -0.138. The molecule has 0 unspecified atom stereocenters. The monoisotopic (exact) mass is 250 g/mol. The number of aromatic nitrogens is 2. The third-order valence-electron chi connectivity index (χ3n) is 3.05. The van der Waals surface area contributed by atoms with Crippen molar-refractivity contribution in [2.24, 2.45) is 0 Å². The van der Waals surface area contributed by atoms with Crippen molar-refractivity contribution in [3.05, 3.63) is 12.4 Å². The molecule has 1 saturated heterocycles. The lowest BCUT2D eigenvalue weighted by Gasteiger charge is -2.20. The lowest BCUT2D eigenvalue weighted by atomic mass is 10.4. The highest BCUT2D eigenvalue weighted by Gasteiger charge is 2.15. The van der Waals surface area contributed by atoms with Crippen molar-refractivity contribution in [3.63, 3.8) is 0 Å². The summed E-state index contributed by atoms with van der Waals surface area (Å²) in [5, 5.41) is 0. The van der Waals surface area contributed by atoms with Crippen molar-refractivity contribution < 1.29 is 9.53 Å². The molecule has 0 bridgehead atoms. The molecule has 0 aliphatic carbocycles. The van der Waals surface area contributed by atoms with E-state index in [0.29, 0.717) is 0 Å². The van der Waals surface area contributed by atoms with Crippen molar-refractivity contribution in [1.82, 2.24) is 9.97 Å². The van der Waals surface area contributed by atoms with Gasteiger partial charge in [0, 0.05) is 26.2 Å². The number of hydrogen-bond donors (Lipinski definition) is 0. The second kappa shape index (κ2) is 5.66. The van der Waals surface area contributed by atoms with Crippen LogP contribution in [0, 0.1) is 0 Å². The van der Waals surface area contributed by atoms with Gasteiger partial charge in [-0.05, 0) is 12.8 Å². The number of ether oxygens (including phenoxy) is 1. The first-order chi connectivity index (χ1) is 8.70. The van der Waals surface area contributed by atoms with Crippen LogP contribution in [0.15, 0.2) is 12.4 Å². The highest BCUT2D eigenvalue weighted by Crippen LogP contribution is 2.20. The fraction of sp³-hybridized carbons (Fsp3) is 0.583. The minimum Gasteiger partial charge on any atom is -0.468 e. The number of carbonyl (C=O) groups is 1. The molecule has 1 aromatic heterocycles. The third-order valence-corrected chi connectivity index (χ3v) is 3.05. The Morgan fingerprint density at radius 1 is 1.44 bits per heavy atom. The molecule has 1 aliphatic rings. The molecule has 0 radical (unpaired) electrons. The van der Waals surface area contributed by atoms with Crippen molar-refractivity contribution in [1.29, 1.82) is 0 Å².